The average molecular weight is 267 g/mol. The van der Waals surface area contributed by atoms with E-state index in [4.69, 9.17) is 16.3 Å². The maximum atomic E-state index is 11.1. The molecule has 0 spiro atoms. The summed E-state index contributed by atoms with van der Waals surface area (Å²) in [5, 5.41) is 11.7. The number of hydrogen-bond donors (Lipinski definition) is 0. The van der Waals surface area contributed by atoms with E-state index in [0.717, 1.165) is 0 Å². The van der Waals surface area contributed by atoms with Crippen molar-refractivity contribution in [2.24, 2.45) is 0 Å². The number of benzene rings is 1. The molecule has 1 atom stereocenters. The number of nitrogens with zero attached hydrogens (tertiary/aromatic N) is 4. The summed E-state index contributed by atoms with van der Waals surface area (Å²) in [5.74, 6) is -0.389. The van der Waals surface area contributed by atoms with E-state index in [1.54, 1.807) is 12.1 Å². The van der Waals surface area contributed by atoms with Crippen LogP contribution in [0.4, 0.5) is 0 Å². The lowest BCUT2D eigenvalue weighted by atomic mass is 10.1. The predicted octanol–water partition coefficient (Wildman–Crippen LogP) is 1.63. The fourth-order valence-electron chi connectivity index (χ4n) is 1.56. The summed E-state index contributed by atoms with van der Waals surface area (Å²) >= 11 is 6.09. The molecule has 94 valence electrons. The minimum absolute atomic E-state index is 0.267. The summed E-state index contributed by atoms with van der Waals surface area (Å²) in [5.41, 5.74) is 0.715. The predicted molar refractivity (Wildman–Crippen MR) is 63.8 cm³/mol. The van der Waals surface area contributed by atoms with Crippen LogP contribution in [0.3, 0.4) is 0 Å². The quantitative estimate of drug-likeness (QED) is 0.787. The number of aromatic nitrogens is 4. The van der Waals surface area contributed by atoms with Gasteiger partial charge in [0, 0.05) is 17.5 Å². The van der Waals surface area contributed by atoms with Crippen LogP contribution in [0.1, 0.15) is 18.6 Å². The van der Waals surface area contributed by atoms with E-state index in [1.165, 1.54) is 18.0 Å². The monoisotopic (exact) mass is 266 g/mol. The van der Waals surface area contributed by atoms with Gasteiger partial charge in [0.1, 0.15) is 12.6 Å². The Morgan fingerprint density at radius 2 is 2.28 bits per heavy atom. The molecule has 7 heteroatoms. The van der Waals surface area contributed by atoms with Crippen LogP contribution >= 0.6 is 11.6 Å². The molecule has 0 saturated heterocycles. The fraction of sp³-hybridized carbons (Fsp3) is 0.273. The van der Waals surface area contributed by atoms with Gasteiger partial charge in [0.2, 0.25) is 0 Å². The molecule has 0 aliphatic heterocycles. The largest absolute Gasteiger partial charge is 0.456 e. The maximum absolute atomic E-state index is 11.1. The molecule has 2 rings (SSSR count). The van der Waals surface area contributed by atoms with Gasteiger partial charge in [-0.15, -0.1) is 10.2 Å². The van der Waals surface area contributed by atoms with E-state index in [9.17, 15) is 4.79 Å². The molecule has 1 aromatic carbocycles. The Morgan fingerprint density at radius 3 is 2.89 bits per heavy atom. The number of halogens is 1. The Hall–Kier alpha value is -1.95. The van der Waals surface area contributed by atoms with E-state index in [2.05, 4.69) is 15.4 Å². The standard InChI is InChI=1S/C11H11ClN4O2/c1-8(17)18-11(6-16-14-7-13-15-16)9-4-2-3-5-10(9)12/h2-5,7,11H,6H2,1H3/t11-/m0/s1. The van der Waals surface area contributed by atoms with Gasteiger partial charge in [-0.05, 0) is 11.3 Å². The average Bonchev–Trinajstić information content (AvgIpc) is 2.81. The van der Waals surface area contributed by atoms with Crippen molar-refractivity contribution < 1.29 is 9.53 Å². The van der Waals surface area contributed by atoms with Gasteiger partial charge in [0.15, 0.2) is 6.33 Å². The molecular formula is C11H11ClN4O2. The van der Waals surface area contributed by atoms with Crippen LogP contribution in [0, 0.1) is 0 Å². The minimum Gasteiger partial charge on any atom is -0.456 e. The number of carbonyl (C=O) groups is 1. The van der Waals surface area contributed by atoms with Crippen LogP contribution in [-0.2, 0) is 16.1 Å². The molecule has 18 heavy (non-hydrogen) atoms. The van der Waals surface area contributed by atoms with Gasteiger partial charge in [-0.25, -0.2) is 0 Å². The van der Waals surface area contributed by atoms with Gasteiger partial charge < -0.3 is 4.74 Å². The number of rotatable bonds is 4. The van der Waals surface area contributed by atoms with E-state index in [0.29, 0.717) is 10.6 Å². The number of hydrogen-bond acceptors (Lipinski definition) is 5. The number of ether oxygens (including phenoxy) is 1. The van der Waals surface area contributed by atoms with Crippen LogP contribution in [0.5, 0.6) is 0 Å². The SMILES string of the molecule is CC(=O)O[C@@H](Cn1ncnn1)c1ccccc1Cl. The molecule has 0 amide bonds. The summed E-state index contributed by atoms with van der Waals surface area (Å²) in [4.78, 5) is 12.5. The van der Waals surface area contributed by atoms with Crippen LogP contribution < -0.4 is 0 Å². The maximum Gasteiger partial charge on any atom is 0.303 e. The second-order valence-electron chi connectivity index (χ2n) is 3.61. The lowest BCUT2D eigenvalue weighted by Gasteiger charge is -2.17. The number of esters is 1. The van der Waals surface area contributed by atoms with Gasteiger partial charge in [-0.2, -0.15) is 4.80 Å². The Kier molecular flexibility index (Phi) is 3.88. The normalized spacial score (nSPS) is 12.1. The lowest BCUT2D eigenvalue weighted by molar-refractivity contribution is -0.147. The van der Waals surface area contributed by atoms with Crippen molar-refractivity contribution in [3.05, 3.63) is 41.2 Å². The second-order valence-corrected chi connectivity index (χ2v) is 4.02. The summed E-state index contributed by atoms with van der Waals surface area (Å²) < 4.78 is 5.24. The van der Waals surface area contributed by atoms with Gasteiger partial charge in [-0.3, -0.25) is 4.79 Å². The smallest absolute Gasteiger partial charge is 0.303 e. The van der Waals surface area contributed by atoms with Gasteiger partial charge in [0.05, 0.1) is 0 Å². The van der Waals surface area contributed by atoms with Crippen LogP contribution in [0.25, 0.3) is 0 Å². The second kappa shape index (κ2) is 5.59. The molecule has 1 heterocycles. The highest BCUT2D eigenvalue weighted by molar-refractivity contribution is 6.31. The third kappa shape index (κ3) is 3.04. The molecule has 0 bridgehead atoms. The highest BCUT2D eigenvalue weighted by atomic mass is 35.5. The first kappa shape index (κ1) is 12.5. The summed E-state index contributed by atoms with van der Waals surface area (Å²) in [7, 11) is 0. The first-order valence-electron chi connectivity index (χ1n) is 5.29. The lowest BCUT2D eigenvalue weighted by Crippen LogP contribution is -2.17. The van der Waals surface area contributed by atoms with Crippen molar-refractivity contribution in [1.82, 2.24) is 20.2 Å². The summed E-state index contributed by atoms with van der Waals surface area (Å²) in [6, 6.07) is 7.17. The molecule has 0 unspecified atom stereocenters. The van der Waals surface area contributed by atoms with Crippen molar-refractivity contribution in [2.45, 2.75) is 19.6 Å². The van der Waals surface area contributed by atoms with Crippen molar-refractivity contribution in [2.75, 3.05) is 0 Å². The zero-order valence-corrected chi connectivity index (χ0v) is 10.4. The van der Waals surface area contributed by atoms with Crippen molar-refractivity contribution in [3.8, 4) is 0 Å². The molecule has 0 N–H and O–H groups in total. The van der Waals surface area contributed by atoms with E-state index < -0.39 is 6.10 Å². The van der Waals surface area contributed by atoms with Crippen LogP contribution in [0.15, 0.2) is 30.6 Å². The van der Waals surface area contributed by atoms with E-state index >= 15 is 0 Å². The molecule has 2 aromatic rings. The fourth-order valence-corrected chi connectivity index (χ4v) is 1.81. The molecular weight excluding hydrogens is 256 g/mol. The third-order valence-corrected chi connectivity index (χ3v) is 2.63. The molecule has 0 aliphatic rings. The number of tetrazole rings is 1. The third-order valence-electron chi connectivity index (χ3n) is 2.28. The van der Waals surface area contributed by atoms with Gasteiger partial charge >= 0.3 is 5.97 Å². The zero-order valence-electron chi connectivity index (χ0n) is 9.65. The van der Waals surface area contributed by atoms with Crippen LogP contribution in [0.2, 0.25) is 5.02 Å². The molecule has 1 aromatic heterocycles. The highest BCUT2D eigenvalue weighted by Crippen LogP contribution is 2.26. The molecule has 0 fully saturated rings. The van der Waals surface area contributed by atoms with E-state index in [-0.39, 0.29) is 12.5 Å². The van der Waals surface area contributed by atoms with Crippen molar-refractivity contribution >= 4 is 17.6 Å². The Bertz CT molecular complexity index is 530. The Labute approximate surface area is 109 Å². The highest BCUT2D eigenvalue weighted by Gasteiger charge is 2.19. The Morgan fingerprint density at radius 1 is 1.50 bits per heavy atom. The molecule has 0 aliphatic carbocycles. The Balaban J connectivity index is 2.25. The van der Waals surface area contributed by atoms with Crippen molar-refractivity contribution in [1.29, 1.82) is 0 Å². The first-order valence-corrected chi connectivity index (χ1v) is 5.67. The van der Waals surface area contributed by atoms with Crippen molar-refractivity contribution in [3.63, 3.8) is 0 Å². The molecule has 0 radical (unpaired) electrons. The molecule has 0 saturated carbocycles. The molecule has 6 nitrogen and oxygen atoms in total. The first-order chi connectivity index (χ1) is 8.66. The summed E-state index contributed by atoms with van der Waals surface area (Å²) in [6.45, 7) is 1.61. The van der Waals surface area contributed by atoms with E-state index in [1.807, 2.05) is 12.1 Å². The van der Waals surface area contributed by atoms with Crippen LogP contribution in [-0.4, -0.2) is 26.2 Å². The topological polar surface area (TPSA) is 69.9 Å². The van der Waals surface area contributed by atoms with Gasteiger partial charge in [-0.1, -0.05) is 29.8 Å². The summed E-state index contributed by atoms with van der Waals surface area (Å²) in [6.07, 6.45) is 0.780. The minimum atomic E-state index is -0.537. The zero-order chi connectivity index (χ0) is 13.0. The number of carbonyl (C=O) groups excluding carboxylic acids is 1. The van der Waals surface area contributed by atoms with Gasteiger partial charge in [0.25, 0.3) is 0 Å².